The molecule has 0 radical (unpaired) electrons. The Morgan fingerprint density at radius 1 is 0.767 bits per heavy atom. The highest BCUT2D eigenvalue weighted by Gasteiger charge is 2.15. The number of nitrogens with zero attached hydrogens (tertiary/aromatic N) is 1. The lowest BCUT2D eigenvalue weighted by Crippen LogP contribution is -2.23. The van der Waals surface area contributed by atoms with Crippen LogP contribution in [0.2, 0.25) is 0 Å². The number of carboxylic acids is 1. The smallest absolute Gasteiger partial charge is 0.417 e. The fourth-order valence-corrected chi connectivity index (χ4v) is 4.87. The number of carbonyl (C=O) groups is 2. The lowest BCUT2D eigenvalue weighted by Gasteiger charge is -2.18. The van der Waals surface area contributed by atoms with E-state index in [-0.39, 0.29) is 6.61 Å². The Morgan fingerprint density at radius 2 is 1.13 bits per heavy atom. The summed E-state index contributed by atoms with van der Waals surface area (Å²) in [7, 11) is 3.15. The number of esters is 1. The predicted octanol–water partition coefficient (Wildman–Crippen LogP) is 2.62. The molecule has 0 saturated heterocycles. The van der Waals surface area contributed by atoms with Crippen LogP contribution in [-0.4, -0.2) is 49.2 Å². The van der Waals surface area contributed by atoms with Crippen LogP contribution in [0.25, 0.3) is 0 Å². The molecule has 0 amide bonds. The average molecular weight is 423 g/mol. The monoisotopic (exact) mass is 423 g/mol. The van der Waals surface area contributed by atoms with Crippen molar-refractivity contribution in [1.82, 2.24) is 4.90 Å². The summed E-state index contributed by atoms with van der Waals surface area (Å²) >= 11 is 0. The largest absolute Gasteiger partial charge is 0.473 e. The molecular weight excluding hydrogens is 397 g/mol. The Bertz CT molecular complexity index is 808. The first-order valence-electron chi connectivity index (χ1n) is 9.49. The van der Waals surface area contributed by atoms with Gasteiger partial charge in [0, 0.05) is 6.54 Å². The van der Waals surface area contributed by atoms with Crippen LogP contribution in [0.15, 0.2) is 91.0 Å². The first-order chi connectivity index (χ1) is 14.5. The lowest BCUT2D eigenvalue weighted by molar-refractivity contribution is -0.164. The molecule has 0 fully saturated rings. The summed E-state index contributed by atoms with van der Waals surface area (Å²) in [5.74, 6) is -2.75. The van der Waals surface area contributed by atoms with Crippen molar-refractivity contribution in [2.45, 2.75) is 0 Å². The molecular formula is C24H26NO4P. The molecule has 3 rings (SSSR count). The average Bonchev–Trinajstić information content (AvgIpc) is 2.76. The second kappa shape index (κ2) is 12.5. The number of carbonyl (C=O) groups excluding carboxylic acids is 1. The molecule has 0 spiro atoms. The standard InChI is InChI=1S/C18H15P.C6H11NO4/c1-4-10-16(11-5-1)19(17-12-6-2-7-13-17)18-14-8-3-9-15-18;1-7(2)3-4-11-6(10)5(8)9/h1-15H;3-4H2,1-2H3,(H,8,9). The first-order valence-corrected chi connectivity index (χ1v) is 10.8. The number of ether oxygens (including phenoxy) is 1. The van der Waals surface area contributed by atoms with Gasteiger partial charge in [0.15, 0.2) is 0 Å². The molecule has 0 aliphatic carbocycles. The lowest BCUT2D eigenvalue weighted by atomic mass is 10.4. The predicted molar refractivity (Wildman–Crippen MR) is 122 cm³/mol. The minimum Gasteiger partial charge on any atom is -0.473 e. The second-order valence-electron chi connectivity index (χ2n) is 6.59. The zero-order valence-electron chi connectivity index (χ0n) is 17.1. The van der Waals surface area contributed by atoms with E-state index in [1.165, 1.54) is 15.9 Å². The van der Waals surface area contributed by atoms with Gasteiger partial charge in [-0.2, -0.15) is 0 Å². The Labute approximate surface area is 178 Å². The van der Waals surface area contributed by atoms with Gasteiger partial charge in [0.1, 0.15) is 6.61 Å². The number of benzene rings is 3. The quantitative estimate of drug-likeness (QED) is 0.375. The fourth-order valence-electron chi connectivity index (χ4n) is 2.56. The minimum absolute atomic E-state index is 0.109. The Kier molecular flexibility index (Phi) is 9.72. The molecule has 0 aliphatic rings. The molecule has 156 valence electrons. The van der Waals surface area contributed by atoms with Gasteiger partial charge < -0.3 is 14.7 Å². The van der Waals surface area contributed by atoms with Crippen LogP contribution in [0.3, 0.4) is 0 Å². The summed E-state index contributed by atoms with van der Waals surface area (Å²) in [6, 6.07) is 32.3. The molecule has 30 heavy (non-hydrogen) atoms. The molecule has 0 aromatic heterocycles. The van der Waals surface area contributed by atoms with E-state index < -0.39 is 19.9 Å². The van der Waals surface area contributed by atoms with Crippen molar-refractivity contribution >= 4 is 35.8 Å². The molecule has 0 atom stereocenters. The number of likely N-dealkylation sites (N-methyl/N-ethyl adjacent to an activating group) is 1. The molecule has 6 heteroatoms. The van der Waals surface area contributed by atoms with Gasteiger partial charge in [-0.3, -0.25) is 0 Å². The van der Waals surface area contributed by atoms with E-state index in [2.05, 4.69) is 95.7 Å². The van der Waals surface area contributed by atoms with Crippen molar-refractivity contribution in [3.8, 4) is 0 Å². The number of hydrogen-bond donors (Lipinski definition) is 1. The van der Waals surface area contributed by atoms with E-state index in [4.69, 9.17) is 5.11 Å². The summed E-state index contributed by atoms with van der Waals surface area (Å²) in [5, 5.41) is 12.3. The van der Waals surface area contributed by atoms with Crippen LogP contribution in [0, 0.1) is 0 Å². The Hall–Kier alpha value is -3.01. The number of rotatable bonds is 6. The van der Waals surface area contributed by atoms with Crippen LogP contribution < -0.4 is 15.9 Å². The summed E-state index contributed by atoms with van der Waals surface area (Å²) in [4.78, 5) is 22.0. The molecule has 3 aromatic carbocycles. The molecule has 0 saturated carbocycles. The van der Waals surface area contributed by atoms with E-state index in [0.29, 0.717) is 6.54 Å². The highest BCUT2D eigenvalue weighted by Crippen LogP contribution is 2.32. The van der Waals surface area contributed by atoms with E-state index in [1.54, 1.807) is 19.0 Å². The molecule has 3 aromatic rings. The SMILES string of the molecule is CN(C)CCOC(=O)C(=O)O.c1ccc(P(c2ccccc2)c2ccccc2)cc1. The van der Waals surface area contributed by atoms with Gasteiger partial charge in [0.25, 0.3) is 0 Å². The van der Waals surface area contributed by atoms with E-state index in [0.717, 1.165) is 0 Å². The van der Waals surface area contributed by atoms with E-state index >= 15 is 0 Å². The minimum atomic E-state index is -1.55. The van der Waals surface area contributed by atoms with Crippen LogP contribution in [-0.2, 0) is 14.3 Å². The highest BCUT2D eigenvalue weighted by molar-refractivity contribution is 7.79. The van der Waals surface area contributed by atoms with Gasteiger partial charge in [-0.05, 0) is 37.9 Å². The van der Waals surface area contributed by atoms with Crippen molar-refractivity contribution < 1.29 is 19.4 Å². The molecule has 0 unspecified atom stereocenters. The summed E-state index contributed by atoms with van der Waals surface area (Å²) in [6.45, 7) is 0.636. The van der Waals surface area contributed by atoms with Crippen molar-refractivity contribution in [1.29, 1.82) is 0 Å². The summed E-state index contributed by atoms with van der Waals surface area (Å²) in [5.41, 5.74) is 0. The maximum atomic E-state index is 10.3. The second-order valence-corrected chi connectivity index (χ2v) is 8.81. The van der Waals surface area contributed by atoms with E-state index in [9.17, 15) is 9.59 Å². The van der Waals surface area contributed by atoms with Crippen LogP contribution in [0.1, 0.15) is 0 Å². The number of carboxylic acid groups (broad SMARTS) is 1. The van der Waals surface area contributed by atoms with Gasteiger partial charge in [0.2, 0.25) is 0 Å². The molecule has 0 bridgehead atoms. The summed E-state index contributed by atoms with van der Waals surface area (Å²) in [6.07, 6.45) is 0. The molecule has 5 nitrogen and oxygen atoms in total. The Morgan fingerprint density at radius 3 is 1.43 bits per heavy atom. The first kappa shape index (κ1) is 23.3. The fraction of sp³-hybridized carbons (Fsp3) is 0.167. The maximum absolute atomic E-state index is 10.3. The molecule has 0 heterocycles. The van der Waals surface area contributed by atoms with Crippen LogP contribution in [0.5, 0.6) is 0 Å². The van der Waals surface area contributed by atoms with Crippen LogP contribution >= 0.6 is 7.92 Å². The molecule has 1 N–H and O–H groups in total. The van der Waals surface area contributed by atoms with Crippen molar-refractivity contribution in [3.63, 3.8) is 0 Å². The zero-order valence-corrected chi connectivity index (χ0v) is 18.0. The van der Waals surface area contributed by atoms with Crippen molar-refractivity contribution in [2.75, 3.05) is 27.2 Å². The maximum Gasteiger partial charge on any atom is 0.417 e. The number of hydrogen-bond acceptors (Lipinski definition) is 4. The van der Waals surface area contributed by atoms with Crippen LogP contribution in [0.4, 0.5) is 0 Å². The third kappa shape index (κ3) is 7.78. The van der Waals surface area contributed by atoms with Gasteiger partial charge in [-0.15, -0.1) is 0 Å². The van der Waals surface area contributed by atoms with E-state index in [1.807, 2.05) is 0 Å². The third-order valence-electron chi connectivity index (χ3n) is 3.99. The summed E-state index contributed by atoms with van der Waals surface area (Å²) < 4.78 is 4.33. The van der Waals surface area contributed by atoms with Crippen molar-refractivity contribution in [2.24, 2.45) is 0 Å². The van der Waals surface area contributed by atoms with Gasteiger partial charge in [-0.25, -0.2) is 9.59 Å². The van der Waals surface area contributed by atoms with Gasteiger partial charge >= 0.3 is 11.9 Å². The zero-order chi connectivity index (χ0) is 21.8. The number of aliphatic carboxylic acids is 1. The topological polar surface area (TPSA) is 66.8 Å². The third-order valence-corrected chi connectivity index (χ3v) is 6.43. The molecule has 0 aliphatic heterocycles. The van der Waals surface area contributed by atoms with Gasteiger partial charge in [0.05, 0.1) is 0 Å². The van der Waals surface area contributed by atoms with Crippen molar-refractivity contribution in [3.05, 3.63) is 91.0 Å². The van der Waals surface area contributed by atoms with Gasteiger partial charge in [-0.1, -0.05) is 91.0 Å². The Balaban J connectivity index is 0.000000252. The normalized spacial score (nSPS) is 10.3. The highest BCUT2D eigenvalue weighted by atomic mass is 31.1.